The van der Waals surface area contributed by atoms with E-state index in [0.29, 0.717) is 16.6 Å². The summed E-state index contributed by atoms with van der Waals surface area (Å²) in [6.07, 6.45) is 17.0. The fraction of sp³-hybridized carbons (Fsp3) is 0.696. The Hall–Kier alpha value is -1.51. The zero-order chi connectivity index (χ0) is 19.0. The second-order valence-electron chi connectivity index (χ2n) is 8.51. The number of phenols is 1. The van der Waals surface area contributed by atoms with Crippen LogP contribution in [0, 0.1) is 5.41 Å². The molecule has 4 rings (SSSR count). The van der Waals surface area contributed by atoms with Gasteiger partial charge in [-0.3, -0.25) is 4.79 Å². The zero-order valence-corrected chi connectivity index (χ0v) is 16.6. The SMILES string of the molecule is CC(=O)O.CCCCCCCC12CCC(c3ccc(O)cc3)(CC1)CC2. The molecule has 0 unspecified atom stereocenters. The Bertz CT molecular complexity index is 533. The van der Waals surface area contributed by atoms with Gasteiger partial charge in [-0.1, -0.05) is 51.2 Å². The Morgan fingerprint density at radius 3 is 1.92 bits per heavy atom. The first-order valence-corrected chi connectivity index (χ1v) is 10.4. The van der Waals surface area contributed by atoms with E-state index in [4.69, 9.17) is 9.90 Å². The molecule has 0 heterocycles. The van der Waals surface area contributed by atoms with Gasteiger partial charge in [0.2, 0.25) is 0 Å². The number of unbranched alkanes of at least 4 members (excludes halogenated alkanes) is 4. The number of benzene rings is 1. The van der Waals surface area contributed by atoms with Crippen LogP contribution in [-0.2, 0) is 10.2 Å². The molecule has 3 fully saturated rings. The number of carbonyl (C=O) groups is 1. The molecule has 3 saturated carbocycles. The second kappa shape index (κ2) is 9.43. The van der Waals surface area contributed by atoms with Gasteiger partial charge in [-0.05, 0) is 73.5 Å². The molecule has 0 aromatic heterocycles. The number of aliphatic carboxylic acids is 1. The summed E-state index contributed by atoms with van der Waals surface area (Å²) in [5.74, 6) is -0.437. The highest BCUT2D eigenvalue weighted by Crippen LogP contribution is 2.59. The Balaban J connectivity index is 0.000000552. The summed E-state index contributed by atoms with van der Waals surface area (Å²) in [4.78, 5) is 9.00. The third kappa shape index (κ3) is 5.49. The van der Waals surface area contributed by atoms with E-state index in [1.54, 1.807) is 0 Å². The van der Waals surface area contributed by atoms with Crippen LogP contribution in [0.4, 0.5) is 0 Å². The molecule has 0 radical (unpaired) electrons. The lowest BCUT2D eigenvalue weighted by atomic mass is 9.51. The van der Waals surface area contributed by atoms with Crippen molar-refractivity contribution in [3.05, 3.63) is 29.8 Å². The molecule has 2 bridgehead atoms. The van der Waals surface area contributed by atoms with Crippen LogP contribution in [0.25, 0.3) is 0 Å². The topological polar surface area (TPSA) is 57.5 Å². The number of hydrogen-bond acceptors (Lipinski definition) is 2. The van der Waals surface area contributed by atoms with Crippen molar-refractivity contribution in [2.75, 3.05) is 0 Å². The predicted octanol–water partition coefficient (Wildman–Crippen LogP) is 6.44. The number of rotatable bonds is 7. The lowest BCUT2D eigenvalue weighted by Gasteiger charge is -2.54. The van der Waals surface area contributed by atoms with Gasteiger partial charge in [-0.25, -0.2) is 0 Å². The minimum atomic E-state index is -0.833. The van der Waals surface area contributed by atoms with E-state index >= 15 is 0 Å². The Morgan fingerprint density at radius 1 is 0.923 bits per heavy atom. The van der Waals surface area contributed by atoms with Crippen molar-refractivity contribution in [3.8, 4) is 5.75 Å². The molecule has 0 aliphatic heterocycles. The van der Waals surface area contributed by atoms with Crippen LogP contribution in [0.5, 0.6) is 5.75 Å². The highest BCUT2D eigenvalue weighted by atomic mass is 16.4. The molecule has 0 atom stereocenters. The maximum absolute atomic E-state index is 9.52. The van der Waals surface area contributed by atoms with E-state index in [0.717, 1.165) is 6.92 Å². The number of hydrogen-bond donors (Lipinski definition) is 2. The van der Waals surface area contributed by atoms with Gasteiger partial charge in [0.15, 0.2) is 0 Å². The van der Waals surface area contributed by atoms with Crippen LogP contribution in [0.15, 0.2) is 24.3 Å². The van der Waals surface area contributed by atoms with Crippen molar-refractivity contribution in [2.45, 2.75) is 96.3 Å². The molecule has 0 amide bonds. The van der Waals surface area contributed by atoms with E-state index in [1.165, 1.54) is 82.6 Å². The summed E-state index contributed by atoms with van der Waals surface area (Å²) in [5.41, 5.74) is 2.59. The monoisotopic (exact) mass is 360 g/mol. The predicted molar refractivity (Wildman–Crippen MR) is 107 cm³/mol. The first-order chi connectivity index (χ1) is 12.4. The van der Waals surface area contributed by atoms with Gasteiger partial charge in [0.25, 0.3) is 5.97 Å². The van der Waals surface area contributed by atoms with Crippen molar-refractivity contribution in [3.63, 3.8) is 0 Å². The highest BCUT2D eigenvalue weighted by molar-refractivity contribution is 5.62. The first-order valence-electron chi connectivity index (χ1n) is 10.4. The maximum atomic E-state index is 9.52. The molecular weight excluding hydrogens is 324 g/mol. The fourth-order valence-electron chi connectivity index (χ4n) is 4.99. The summed E-state index contributed by atoms with van der Waals surface area (Å²) in [5, 5.41) is 16.9. The van der Waals surface area contributed by atoms with E-state index in [-0.39, 0.29) is 0 Å². The van der Waals surface area contributed by atoms with Crippen LogP contribution < -0.4 is 0 Å². The molecule has 3 nitrogen and oxygen atoms in total. The summed E-state index contributed by atoms with van der Waals surface area (Å²) in [6, 6.07) is 8.07. The molecule has 3 heteroatoms. The summed E-state index contributed by atoms with van der Waals surface area (Å²) in [6.45, 7) is 3.38. The van der Waals surface area contributed by atoms with Crippen molar-refractivity contribution in [1.29, 1.82) is 0 Å². The van der Waals surface area contributed by atoms with Crippen molar-refractivity contribution >= 4 is 5.97 Å². The van der Waals surface area contributed by atoms with Gasteiger partial charge in [0.05, 0.1) is 0 Å². The van der Waals surface area contributed by atoms with Gasteiger partial charge >= 0.3 is 0 Å². The molecule has 3 aliphatic carbocycles. The van der Waals surface area contributed by atoms with Crippen LogP contribution in [0.2, 0.25) is 0 Å². The number of carboxylic acids is 1. The van der Waals surface area contributed by atoms with Crippen molar-refractivity contribution < 1.29 is 15.0 Å². The van der Waals surface area contributed by atoms with Gasteiger partial charge in [0, 0.05) is 6.92 Å². The summed E-state index contributed by atoms with van der Waals surface area (Å²) < 4.78 is 0. The van der Waals surface area contributed by atoms with E-state index < -0.39 is 5.97 Å². The first kappa shape index (κ1) is 20.8. The number of fused-ring (bicyclic) bond motifs is 3. The molecular formula is C23H36O3. The molecule has 0 saturated heterocycles. The van der Waals surface area contributed by atoms with Crippen molar-refractivity contribution in [2.24, 2.45) is 5.41 Å². The molecule has 3 aliphatic rings. The molecule has 26 heavy (non-hydrogen) atoms. The fourth-order valence-corrected chi connectivity index (χ4v) is 4.99. The standard InChI is InChI=1S/C21H32O.C2H4O2/c1-2-3-4-5-6-11-20-12-15-21(16-13-20,17-14-20)18-7-9-19(22)10-8-18;1-2(3)4/h7-10,22H,2-6,11-17H2,1H3;1H3,(H,3,4). The highest BCUT2D eigenvalue weighted by Gasteiger charge is 2.48. The number of aromatic hydroxyl groups is 1. The van der Waals surface area contributed by atoms with Gasteiger partial charge in [0.1, 0.15) is 5.75 Å². The quantitative estimate of drug-likeness (QED) is 0.550. The normalized spacial score (nSPS) is 26.8. The minimum Gasteiger partial charge on any atom is -0.508 e. The third-order valence-corrected chi connectivity index (χ3v) is 6.69. The smallest absolute Gasteiger partial charge is 0.300 e. The lowest BCUT2D eigenvalue weighted by Crippen LogP contribution is -2.44. The van der Waals surface area contributed by atoms with E-state index in [9.17, 15) is 5.11 Å². The summed E-state index contributed by atoms with van der Waals surface area (Å²) in [7, 11) is 0. The average Bonchev–Trinajstić information content (AvgIpc) is 2.63. The van der Waals surface area contributed by atoms with Crippen LogP contribution >= 0.6 is 0 Å². The van der Waals surface area contributed by atoms with Gasteiger partial charge in [-0.2, -0.15) is 0 Å². The number of phenolic OH excluding ortho intramolecular Hbond substituents is 1. The third-order valence-electron chi connectivity index (χ3n) is 6.69. The largest absolute Gasteiger partial charge is 0.508 e. The lowest BCUT2D eigenvalue weighted by molar-refractivity contribution is -0.134. The zero-order valence-electron chi connectivity index (χ0n) is 16.6. The van der Waals surface area contributed by atoms with Crippen molar-refractivity contribution in [1.82, 2.24) is 0 Å². The molecule has 0 spiro atoms. The van der Waals surface area contributed by atoms with Crippen LogP contribution in [0.3, 0.4) is 0 Å². The summed E-state index contributed by atoms with van der Waals surface area (Å²) >= 11 is 0. The number of carboxylic acid groups (broad SMARTS) is 1. The molecule has 2 N–H and O–H groups in total. The minimum absolute atomic E-state index is 0.396. The van der Waals surface area contributed by atoms with E-state index in [1.807, 2.05) is 12.1 Å². The molecule has 146 valence electrons. The molecule has 1 aromatic carbocycles. The Morgan fingerprint density at radius 2 is 1.42 bits per heavy atom. The molecule has 1 aromatic rings. The van der Waals surface area contributed by atoms with E-state index in [2.05, 4.69) is 19.1 Å². The van der Waals surface area contributed by atoms with Gasteiger partial charge < -0.3 is 10.2 Å². The Kier molecular flexibility index (Phi) is 7.55. The Labute approximate surface area is 158 Å². The van der Waals surface area contributed by atoms with Gasteiger partial charge in [-0.15, -0.1) is 0 Å². The average molecular weight is 361 g/mol. The maximum Gasteiger partial charge on any atom is 0.300 e. The van der Waals surface area contributed by atoms with Crippen LogP contribution in [-0.4, -0.2) is 16.2 Å². The second-order valence-corrected chi connectivity index (χ2v) is 8.51. The van der Waals surface area contributed by atoms with Crippen LogP contribution in [0.1, 0.15) is 96.5 Å².